The lowest BCUT2D eigenvalue weighted by molar-refractivity contribution is -0.139. The van der Waals surface area contributed by atoms with E-state index in [2.05, 4.69) is 6.92 Å². The molecule has 2 aromatic rings. The SMILES string of the molecule is CCCCCCN1C(=O)C(=O)/C(=C(/O)c2ccc(C)cc2)C1c1ccccc1Cl. The highest BCUT2D eigenvalue weighted by Crippen LogP contribution is 2.41. The van der Waals surface area contributed by atoms with E-state index in [4.69, 9.17) is 11.6 Å². The van der Waals surface area contributed by atoms with Crippen LogP contribution in [0.4, 0.5) is 0 Å². The first-order valence-corrected chi connectivity index (χ1v) is 10.4. The summed E-state index contributed by atoms with van der Waals surface area (Å²) < 4.78 is 0. The van der Waals surface area contributed by atoms with Gasteiger partial charge < -0.3 is 10.0 Å². The highest BCUT2D eigenvalue weighted by Gasteiger charge is 2.46. The van der Waals surface area contributed by atoms with Crippen molar-refractivity contribution in [2.45, 2.75) is 45.6 Å². The van der Waals surface area contributed by atoms with Crippen LogP contribution in [-0.2, 0) is 9.59 Å². The van der Waals surface area contributed by atoms with Crippen molar-refractivity contribution in [3.63, 3.8) is 0 Å². The van der Waals surface area contributed by atoms with Crippen molar-refractivity contribution in [3.8, 4) is 0 Å². The van der Waals surface area contributed by atoms with Gasteiger partial charge in [-0.05, 0) is 25.0 Å². The summed E-state index contributed by atoms with van der Waals surface area (Å²) in [5, 5.41) is 11.5. The van der Waals surface area contributed by atoms with Crippen LogP contribution in [0, 0.1) is 6.92 Å². The number of amides is 1. The summed E-state index contributed by atoms with van der Waals surface area (Å²) in [7, 11) is 0. The molecular weight excluding hydrogens is 386 g/mol. The van der Waals surface area contributed by atoms with Gasteiger partial charge in [0.1, 0.15) is 5.76 Å². The summed E-state index contributed by atoms with van der Waals surface area (Å²) in [5.41, 5.74) is 2.30. The Morgan fingerprint density at radius 3 is 2.38 bits per heavy atom. The molecule has 152 valence electrons. The molecule has 1 aliphatic heterocycles. The highest BCUT2D eigenvalue weighted by molar-refractivity contribution is 6.47. The number of ketones is 1. The Morgan fingerprint density at radius 2 is 1.72 bits per heavy atom. The Balaban J connectivity index is 2.08. The van der Waals surface area contributed by atoms with E-state index in [-0.39, 0.29) is 11.3 Å². The van der Waals surface area contributed by atoms with E-state index < -0.39 is 17.7 Å². The first-order chi connectivity index (χ1) is 14.0. The van der Waals surface area contributed by atoms with Crippen LogP contribution in [0.1, 0.15) is 55.3 Å². The third-order valence-electron chi connectivity index (χ3n) is 5.32. The normalized spacial score (nSPS) is 18.4. The van der Waals surface area contributed by atoms with E-state index in [1.165, 1.54) is 0 Å². The number of hydrogen-bond acceptors (Lipinski definition) is 3. The van der Waals surface area contributed by atoms with Gasteiger partial charge in [-0.25, -0.2) is 0 Å². The van der Waals surface area contributed by atoms with Crippen molar-refractivity contribution in [1.29, 1.82) is 0 Å². The maximum atomic E-state index is 12.9. The molecule has 1 N–H and O–H groups in total. The number of likely N-dealkylation sites (tertiary alicyclic amines) is 1. The van der Waals surface area contributed by atoms with E-state index in [1.807, 2.05) is 25.1 Å². The zero-order valence-electron chi connectivity index (χ0n) is 16.8. The van der Waals surface area contributed by atoms with Crippen LogP contribution in [0.15, 0.2) is 54.1 Å². The Hall–Kier alpha value is -2.59. The summed E-state index contributed by atoms with van der Waals surface area (Å²) in [5.74, 6) is -1.41. The van der Waals surface area contributed by atoms with E-state index in [0.29, 0.717) is 22.7 Å². The fraction of sp³-hybridized carbons (Fsp3) is 0.333. The fourth-order valence-electron chi connectivity index (χ4n) is 3.71. The van der Waals surface area contributed by atoms with Crippen LogP contribution in [0.3, 0.4) is 0 Å². The lowest BCUT2D eigenvalue weighted by Gasteiger charge is -2.26. The Labute approximate surface area is 176 Å². The Kier molecular flexibility index (Phi) is 6.75. The molecule has 0 aliphatic carbocycles. The number of carbonyl (C=O) groups is 2. The number of aliphatic hydroxyl groups is 1. The van der Waals surface area contributed by atoms with Gasteiger partial charge in [-0.15, -0.1) is 0 Å². The highest BCUT2D eigenvalue weighted by atomic mass is 35.5. The number of unbranched alkanes of at least 4 members (excludes halogenated alkanes) is 3. The van der Waals surface area contributed by atoms with E-state index in [9.17, 15) is 14.7 Å². The van der Waals surface area contributed by atoms with Crippen LogP contribution in [-0.4, -0.2) is 28.2 Å². The van der Waals surface area contributed by atoms with Crippen molar-refractivity contribution in [2.24, 2.45) is 0 Å². The maximum absolute atomic E-state index is 12.9. The molecule has 0 radical (unpaired) electrons. The van der Waals surface area contributed by atoms with Gasteiger partial charge in [0, 0.05) is 17.1 Å². The van der Waals surface area contributed by atoms with Crippen LogP contribution in [0.2, 0.25) is 5.02 Å². The van der Waals surface area contributed by atoms with Gasteiger partial charge in [0.2, 0.25) is 0 Å². The molecule has 2 aromatic carbocycles. The topological polar surface area (TPSA) is 57.6 Å². The third-order valence-corrected chi connectivity index (χ3v) is 5.66. The Morgan fingerprint density at radius 1 is 1.03 bits per heavy atom. The van der Waals surface area contributed by atoms with Crippen LogP contribution in [0.5, 0.6) is 0 Å². The van der Waals surface area contributed by atoms with Gasteiger partial charge in [0.15, 0.2) is 0 Å². The molecule has 1 saturated heterocycles. The van der Waals surface area contributed by atoms with Crippen molar-refractivity contribution in [3.05, 3.63) is 75.8 Å². The number of halogens is 1. The molecule has 1 unspecified atom stereocenters. The first-order valence-electron chi connectivity index (χ1n) is 10.1. The molecule has 29 heavy (non-hydrogen) atoms. The standard InChI is InChI=1S/C24H26ClNO3/c1-3-4-5-8-15-26-21(18-9-6-7-10-19(18)25)20(23(28)24(26)29)22(27)17-13-11-16(2)12-14-17/h6-7,9-14,21,27H,3-5,8,15H2,1-2H3/b22-20+. The van der Waals surface area contributed by atoms with Crippen LogP contribution < -0.4 is 0 Å². The van der Waals surface area contributed by atoms with Gasteiger partial charge in [-0.1, -0.05) is 85.8 Å². The second-order valence-corrected chi connectivity index (χ2v) is 7.85. The maximum Gasteiger partial charge on any atom is 0.295 e. The summed E-state index contributed by atoms with van der Waals surface area (Å²) >= 11 is 6.43. The minimum absolute atomic E-state index is 0.0995. The predicted molar refractivity (Wildman–Crippen MR) is 116 cm³/mol. The van der Waals surface area contributed by atoms with Gasteiger partial charge in [-0.3, -0.25) is 9.59 Å². The van der Waals surface area contributed by atoms with E-state index in [0.717, 1.165) is 31.2 Å². The number of nitrogens with zero attached hydrogens (tertiary/aromatic N) is 1. The molecular formula is C24H26ClNO3. The van der Waals surface area contributed by atoms with Gasteiger partial charge in [-0.2, -0.15) is 0 Å². The monoisotopic (exact) mass is 411 g/mol. The second kappa shape index (κ2) is 9.27. The molecule has 0 aromatic heterocycles. The Bertz CT molecular complexity index is 933. The van der Waals surface area contributed by atoms with E-state index >= 15 is 0 Å². The van der Waals surface area contributed by atoms with Crippen molar-refractivity contribution < 1.29 is 14.7 Å². The molecule has 1 heterocycles. The summed E-state index contributed by atoms with van der Waals surface area (Å²) in [4.78, 5) is 27.3. The van der Waals surface area contributed by atoms with Gasteiger partial charge in [0.05, 0.1) is 11.6 Å². The minimum atomic E-state index is -0.688. The minimum Gasteiger partial charge on any atom is -0.507 e. The average Bonchev–Trinajstić information content (AvgIpc) is 2.96. The van der Waals surface area contributed by atoms with Gasteiger partial charge in [0.25, 0.3) is 11.7 Å². The number of carbonyl (C=O) groups excluding carboxylic acids is 2. The molecule has 4 nitrogen and oxygen atoms in total. The lowest BCUT2D eigenvalue weighted by atomic mass is 9.95. The molecule has 5 heteroatoms. The predicted octanol–water partition coefficient (Wildman–Crippen LogP) is 5.65. The van der Waals surface area contributed by atoms with Crippen molar-refractivity contribution >= 4 is 29.1 Å². The number of hydrogen-bond donors (Lipinski definition) is 1. The zero-order valence-corrected chi connectivity index (χ0v) is 17.6. The number of rotatable bonds is 7. The molecule has 1 fully saturated rings. The van der Waals surface area contributed by atoms with Crippen molar-refractivity contribution in [1.82, 2.24) is 4.90 Å². The molecule has 3 rings (SSSR count). The second-order valence-electron chi connectivity index (χ2n) is 7.44. The van der Waals surface area contributed by atoms with Gasteiger partial charge >= 0.3 is 0 Å². The summed E-state index contributed by atoms with van der Waals surface area (Å²) in [6, 6.07) is 13.7. The molecule has 0 saturated carbocycles. The zero-order chi connectivity index (χ0) is 21.0. The fourth-order valence-corrected chi connectivity index (χ4v) is 3.95. The number of benzene rings is 2. The largest absolute Gasteiger partial charge is 0.507 e. The van der Waals surface area contributed by atoms with E-state index in [1.54, 1.807) is 35.2 Å². The molecule has 0 bridgehead atoms. The quantitative estimate of drug-likeness (QED) is 0.277. The first kappa shape index (κ1) is 21.1. The average molecular weight is 412 g/mol. The molecule has 1 atom stereocenters. The number of aryl methyl sites for hydroxylation is 1. The smallest absolute Gasteiger partial charge is 0.295 e. The third kappa shape index (κ3) is 4.38. The lowest BCUT2D eigenvalue weighted by Crippen LogP contribution is -2.30. The summed E-state index contributed by atoms with van der Waals surface area (Å²) in [6.45, 7) is 4.52. The molecule has 1 aliphatic rings. The number of Topliss-reactive ketones (excluding diaryl/α,β-unsaturated/α-hetero) is 1. The molecule has 1 amide bonds. The number of aliphatic hydroxyl groups excluding tert-OH is 1. The molecule has 0 spiro atoms. The van der Waals surface area contributed by atoms with Crippen LogP contribution in [0.25, 0.3) is 5.76 Å². The van der Waals surface area contributed by atoms with Crippen LogP contribution >= 0.6 is 11.6 Å². The summed E-state index contributed by atoms with van der Waals surface area (Å²) in [6.07, 6.45) is 3.93. The van der Waals surface area contributed by atoms with Crippen molar-refractivity contribution in [2.75, 3.05) is 6.54 Å².